The van der Waals surface area contributed by atoms with E-state index in [0.29, 0.717) is 6.54 Å². The topological polar surface area (TPSA) is 70.7 Å². The third-order valence-electron chi connectivity index (χ3n) is 6.41. The lowest BCUT2D eigenvalue weighted by molar-refractivity contribution is -0.125. The standard InChI is InChI=1S/C23H34FN3O3/c1-17(2)20(26-21(28)18-8-4-5-9-19(18)24)22(29)25-16-23(10-6-3-7-11-23)27-12-14-30-15-13-27/h4-5,8-9,17,20H,3,6-7,10-16H2,1-2H3,(H,25,29)(H,26,28). The first-order valence-electron chi connectivity index (χ1n) is 11.1. The van der Waals surface area contributed by atoms with Crippen LogP contribution in [0.1, 0.15) is 56.3 Å². The molecule has 0 aromatic heterocycles. The average Bonchev–Trinajstić information content (AvgIpc) is 2.77. The molecule has 166 valence electrons. The molecule has 1 aromatic carbocycles. The lowest BCUT2D eigenvalue weighted by Crippen LogP contribution is -2.61. The van der Waals surface area contributed by atoms with Crippen molar-refractivity contribution in [2.75, 3.05) is 32.8 Å². The number of hydrogen-bond donors (Lipinski definition) is 2. The van der Waals surface area contributed by atoms with Crippen LogP contribution in [0.4, 0.5) is 4.39 Å². The first-order chi connectivity index (χ1) is 14.4. The van der Waals surface area contributed by atoms with Gasteiger partial charge in [0.1, 0.15) is 11.9 Å². The number of halogens is 1. The lowest BCUT2D eigenvalue weighted by atomic mass is 9.79. The number of carbonyl (C=O) groups excluding carboxylic acids is 2. The van der Waals surface area contributed by atoms with Crippen molar-refractivity contribution in [2.24, 2.45) is 5.92 Å². The number of carbonyl (C=O) groups is 2. The third kappa shape index (κ3) is 5.38. The molecule has 2 fully saturated rings. The zero-order valence-electron chi connectivity index (χ0n) is 18.1. The van der Waals surface area contributed by atoms with E-state index in [9.17, 15) is 14.0 Å². The number of morpholine rings is 1. The molecule has 7 heteroatoms. The van der Waals surface area contributed by atoms with Crippen LogP contribution in [0.25, 0.3) is 0 Å². The number of rotatable bonds is 7. The second-order valence-electron chi connectivity index (χ2n) is 8.78. The molecule has 1 aliphatic heterocycles. The van der Waals surface area contributed by atoms with Crippen LogP contribution in [0.5, 0.6) is 0 Å². The molecule has 2 amide bonds. The highest BCUT2D eigenvalue weighted by Gasteiger charge is 2.39. The molecule has 1 unspecified atom stereocenters. The molecule has 1 saturated heterocycles. The summed E-state index contributed by atoms with van der Waals surface area (Å²) in [6.45, 7) is 7.53. The molecule has 1 aromatic rings. The van der Waals surface area contributed by atoms with E-state index in [2.05, 4.69) is 15.5 Å². The van der Waals surface area contributed by atoms with Crippen molar-refractivity contribution in [3.05, 3.63) is 35.6 Å². The summed E-state index contributed by atoms with van der Waals surface area (Å²) in [6, 6.07) is 5.10. The van der Waals surface area contributed by atoms with Crippen molar-refractivity contribution in [3.63, 3.8) is 0 Å². The average molecular weight is 420 g/mol. The van der Waals surface area contributed by atoms with E-state index in [1.54, 1.807) is 6.07 Å². The molecule has 3 rings (SSSR count). The van der Waals surface area contributed by atoms with E-state index >= 15 is 0 Å². The fourth-order valence-electron chi connectivity index (χ4n) is 4.61. The van der Waals surface area contributed by atoms with Crippen molar-refractivity contribution in [1.29, 1.82) is 0 Å². The van der Waals surface area contributed by atoms with Gasteiger partial charge in [-0.05, 0) is 30.9 Å². The molecule has 6 nitrogen and oxygen atoms in total. The SMILES string of the molecule is CC(C)C(NC(=O)c1ccccc1F)C(=O)NCC1(N2CCOCC2)CCCCC1. The fourth-order valence-corrected chi connectivity index (χ4v) is 4.61. The Bertz CT molecular complexity index is 728. The van der Waals surface area contributed by atoms with Crippen LogP contribution in [0, 0.1) is 11.7 Å². The normalized spacial score (nSPS) is 20.5. The molecular formula is C23H34FN3O3. The smallest absolute Gasteiger partial charge is 0.254 e. The van der Waals surface area contributed by atoms with Crippen LogP contribution in [0.3, 0.4) is 0 Å². The van der Waals surface area contributed by atoms with Crippen molar-refractivity contribution in [2.45, 2.75) is 57.5 Å². The van der Waals surface area contributed by atoms with Gasteiger partial charge in [-0.25, -0.2) is 4.39 Å². The van der Waals surface area contributed by atoms with Gasteiger partial charge in [0, 0.05) is 25.2 Å². The highest BCUT2D eigenvalue weighted by atomic mass is 19.1. The van der Waals surface area contributed by atoms with Gasteiger partial charge in [0.25, 0.3) is 5.91 Å². The van der Waals surface area contributed by atoms with Gasteiger partial charge in [-0.15, -0.1) is 0 Å². The Balaban J connectivity index is 1.66. The first-order valence-corrected chi connectivity index (χ1v) is 11.1. The second-order valence-corrected chi connectivity index (χ2v) is 8.78. The van der Waals surface area contributed by atoms with E-state index in [4.69, 9.17) is 4.74 Å². The number of benzene rings is 1. The van der Waals surface area contributed by atoms with Gasteiger partial charge >= 0.3 is 0 Å². The highest BCUT2D eigenvalue weighted by Crippen LogP contribution is 2.34. The zero-order chi connectivity index (χ0) is 21.6. The van der Waals surface area contributed by atoms with E-state index in [1.165, 1.54) is 24.6 Å². The summed E-state index contributed by atoms with van der Waals surface area (Å²) in [5.74, 6) is -1.49. The minimum Gasteiger partial charge on any atom is -0.379 e. The molecule has 0 spiro atoms. The predicted octanol–water partition coefficient (Wildman–Crippen LogP) is 2.73. The maximum Gasteiger partial charge on any atom is 0.254 e. The van der Waals surface area contributed by atoms with Crippen molar-refractivity contribution < 1.29 is 18.7 Å². The maximum absolute atomic E-state index is 14.0. The van der Waals surface area contributed by atoms with Crippen LogP contribution in [0.15, 0.2) is 24.3 Å². The van der Waals surface area contributed by atoms with Gasteiger partial charge < -0.3 is 15.4 Å². The first kappa shape index (κ1) is 22.7. The summed E-state index contributed by atoms with van der Waals surface area (Å²) in [4.78, 5) is 28.1. The van der Waals surface area contributed by atoms with E-state index in [-0.39, 0.29) is 22.9 Å². The van der Waals surface area contributed by atoms with Gasteiger partial charge in [0.15, 0.2) is 0 Å². The lowest BCUT2D eigenvalue weighted by Gasteiger charge is -2.48. The van der Waals surface area contributed by atoms with Crippen LogP contribution in [0.2, 0.25) is 0 Å². The molecule has 1 saturated carbocycles. The molecule has 0 radical (unpaired) electrons. The van der Waals surface area contributed by atoms with Crippen LogP contribution < -0.4 is 10.6 Å². The van der Waals surface area contributed by atoms with Crippen LogP contribution >= 0.6 is 0 Å². The Morgan fingerprint density at radius 2 is 1.80 bits per heavy atom. The van der Waals surface area contributed by atoms with Crippen molar-refractivity contribution in [1.82, 2.24) is 15.5 Å². The molecule has 2 aliphatic rings. The molecular weight excluding hydrogens is 385 g/mol. The summed E-state index contributed by atoms with van der Waals surface area (Å²) >= 11 is 0. The quantitative estimate of drug-likeness (QED) is 0.713. The molecule has 1 heterocycles. The van der Waals surface area contributed by atoms with E-state index in [1.807, 2.05) is 13.8 Å². The molecule has 1 aliphatic carbocycles. The summed E-state index contributed by atoms with van der Waals surface area (Å²) in [6.07, 6.45) is 5.66. The van der Waals surface area contributed by atoms with Gasteiger partial charge in [0.2, 0.25) is 5.91 Å². The Morgan fingerprint density at radius 1 is 1.13 bits per heavy atom. The molecule has 1 atom stereocenters. The number of hydrogen-bond acceptors (Lipinski definition) is 4. The van der Waals surface area contributed by atoms with Crippen LogP contribution in [-0.2, 0) is 9.53 Å². The van der Waals surface area contributed by atoms with Gasteiger partial charge in [-0.1, -0.05) is 45.2 Å². The fraction of sp³-hybridized carbons (Fsp3) is 0.652. The predicted molar refractivity (Wildman–Crippen MR) is 114 cm³/mol. The summed E-state index contributed by atoms with van der Waals surface area (Å²) < 4.78 is 19.5. The third-order valence-corrected chi connectivity index (χ3v) is 6.41. The summed E-state index contributed by atoms with van der Waals surface area (Å²) in [5.41, 5.74) is -0.0950. The molecule has 2 N–H and O–H groups in total. The van der Waals surface area contributed by atoms with Gasteiger partial charge in [0.05, 0.1) is 18.8 Å². The number of amides is 2. The van der Waals surface area contributed by atoms with Crippen LogP contribution in [-0.4, -0.2) is 61.1 Å². The monoisotopic (exact) mass is 419 g/mol. The summed E-state index contributed by atoms with van der Waals surface area (Å²) in [5, 5.41) is 5.84. The van der Waals surface area contributed by atoms with Crippen molar-refractivity contribution >= 4 is 11.8 Å². The van der Waals surface area contributed by atoms with E-state index < -0.39 is 17.8 Å². The largest absolute Gasteiger partial charge is 0.379 e. The molecule has 0 bridgehead atoms. The number of nitrogens with zero attached hydrogens (tertiary/aromatic N) is 1. The Kier molecular flexibility index (Phi) is 7.83. The highest BCUT2D eigenvalue weighted by molar-refractivity contribution is 5.97. The maximum atomic E-state index is 14.0. The molecule has 30 heavy (non-hydrogen) atoms. The minimum absolute atomic E-state index is 0.0469. The number of ether oxygens (including phenoxy) is 1. The Morgan fingerprint density at radius 3 is 2.43 bits per heavy atom. The minimum atomic E-state index is -0.720. The van der Waals surface area contributed by atoms with Gasteiger partial charge in [-0.2, -0.15) is 0 Å². The Labute approximate surface area is 178 Å². The van der Waals surface area contributed by atoms with Gasteiger partial charge in [-0.3, -0.25) is 14.5 Å². The second kappa shape index (κ2) is 10.4. The summed E-state index contributed by atoms with van der Waals surface area (Å²) in [7, 11) is 0. The van der Waals surface area contributed by atoms with E-state index in [0.717, 1.165) is 52.0 Å². The number of nitrogens with one attached hydrogen (secondary N) is 2. The Hall–Kier alpha value is -1.99. The van der Waals surface area contributed by atoms with Crippen molar-refractivity contribution in [3.8, 4) is 0 Å². The zero-order valence-corrected chi connectivity index (χ0v) is 18.1.